The van der Waals surface area contributed by atoms with Crippen molar-refractivity contribution in [3.63, 3.8) is 0 Å². The third kappa shape index (κ3) is 11.3. The zero-order chi connectivity index (χ0) is 31.4. The summed E-state index contributed by atoms with van der Waals surface area (Å²) in [5.74, 6) is 0. The molecule has 0 aliphatic carbocycles. The van der Waals surface area contributed by atoms with E-state index < -0.39 is 12.2 Å². The molecule has 9 heteroatoms. The highest BCUT2D eigenvalue weighted by molar-refractivity contribution is 7.97. The van der Waals surface area contributed by atoms with Gasteiger partial charge in [-0.25, -0.2) is 9.78 Å². The third-order valence-corrected chi connectivity index (χ3v) is 8.15. The summed E-state index contributed by atoms with van der Waals surface area (Å²) >= 11 is 3.21. The highest BCUT2D eigenvalue weighted by Gasteiger charge is 2.16. The number of rotatable bonds is 11. The van der Waals surface area contributed by atoms with Crippen LogP contribution in [0.15, 0.2) is 83.9 Å². The second-order valence-electron chi connectivity index (χ2n) is 11.1. The van der Waals surface area contributed by atoms with Crippen LogP contribution in [-0.4, -0.2) is 40.5 Å². The highest BCUT2D eigenvalue weighted by atomic mass is 32.2. The van der Waals surface area contributed by atoms with Crippen molar-refractivity contribution in [1.82, 2.24) is 9.71 Å². The number of aliphatic hydroxyl groups excluding tert-OH is 1. The topological polar surface area (TPSA) is 95.5 Å². The predicted molar refractivity (Wildman–Crippen MR) is 183 cm³/mol. The van der Waals surface area contributed by atoms with Gasteiger partial charge < -0.3 is 15.2 Å². The molecule has 4 N–H and O–H groups in total. The molecule has 0 saturated heterocycles. The van der Waals surface area contributed by atoms with E-state index >= 15 is 0 Å². The van der Waals surface area contributed by atoms with Crippen LogP contribution in [0.2, 0.25) is 0 Å². The van der Waals surface area contributed by atoms with Gasteiger partial charge in [0, 0.05) is 52.1 Å². The Morgan fingerprint density at radius 2 is 1.67 bits per heavy atom. The van der Waals surface area contributed by atoms with Crippen LogP contribution in [-0.2, 0) is 11.2 Å². The Morgan fingerprint density at radius 1 is 1.00 bits per heavy atom. The number of carbonyl (C=O) groups excluding carboxylic acids is 1. The summed E-state index contributed by atoms with van der Waals surface area (Å²) in [6, 6.07) is 23.9. The first-order chi connectivity index (χ1) is 20.6. The molecular formula is C34H44N4O3S2. The lowest BCUT2D eigenvalue weighted by molar-refractivity contribution is 0.130. The SMILES string of the molecule is CC.CC(C)OC(=O)Nc1ccc(-c2ncc(-c3ccc(NCC(O)Cc4ccccc4)cc3SNC(C)(C)C)s2)cc1. The number of ether oxygens (including phenoxy) is 1. The largest absolute Gasteiger partial charge is 0.447 e. The molecule has 4 rings (SSSR count). The van der Waals surface area contributed by atoms with Gasteiger partial charge in [0.25, 0.3) is 0 Å². The van der Waals surface area contributed by atoms with Crippen molar-refractivity contribution in [2.75, 3.05) is 17.2 Å². The fourth-order valence-electron chi connectivity index (χ4n) is 3.91. The maximum Gasteiger partial charge on any atom is 0.411 e. The maximum atomic E-state index is 11.9. The summed E-state index contributed by atoms with van der Waals surface area (Å²) in [6.45, 7) is 14.5. The summed E-state index contributed by atoms with van der Waals surface area (Å²) in [5.41, 5.74) is 4.71. The van der Waals surface area contributed by atoms with E-state index in [-0.39, 0.29) is 11.6 Å². The zero-order valence-electron chi connectivity index (χ0n) is 26.1. The standard InChI is InChI=1S/C32H38N4O3S2.C2H6/c1-21(2)39-31(38)35-24-13-11-23(12-14-24)30-34-20-29(40-30)27-16-15-25(18-28(27)41-36-32(3,4)5)33-19-26(37)17-22-9-7-6-8-10-22;1-2/h6-16,18,20-21,26,33,36-37H,17,19H2,1-5H3,(H,35,38);1-2H3. The minimum absolute atomic E-state index is 0.0759. The number of carbonyl (C=O) groups is 1. The Labute approximate surface area is 264 Å². The van der Waals surface area contributed by atoms with Crippen LogP contribution in [0, 0.1) is 0 Å². The normalized spacial score (nSPS) is 11.8. The highest BCUT2D eigenvalue weighted by Crippen LogP contribution is 2.38. The van der Waals surface area contributed by atoms with Crippen LogP contribution in [0.5, 0.6) is 0 Å². The molecule has 1 amide bonds. The summed E-state index contributed by atoms with van der Waals surface area (Å²) in [7, 11) is 0. The van der Waals surface area contributed by atoms with Crippen LogP contribution >= 0.6 is 23.3 Å². The van der Waals surface area contributed by atoms with E-state index in [1.807, 2.05) is 94.6 Å². The molecule has 230 valence electrons. The molecule has 0 aliphatic rings. The van der Waals surface area contributed by atoms with Crippen molar-refractivity contribution < 1.29 is 14.6 Å². The van der Waals surface area contributed by atoms with Gasteiger partial charge in [0.2, 0.25) is 0 Å². The number of hydrogen-bond donors (Lipinski definition) is 4. The first-order valence-corrected chi connectivity index (χ1v) is 16.3. The summed E-state index contributed by atoms with van der Waals surface area (Å²) < 4.78 is 8.67. The van der Waals surface area contributed by atoms with Gasteiger partial charge in [-0.1, -0.05) is 50.2 Å². The van der Waals surface area contributed by atoms with Crippen molar-refractivity contribution in [3.8, 4) is 21.0 Å². The molecule has 0 bridgehead atoms. The van der Waals surface area contributed by atoms with Gasteiger partial charge in [0.05, 0.1) is 17.1 Å². The van der Waals surface area contributed by atoms with Crippen LogP contribution in [0.4, 0.5) is 16.2 Å². The smallest absolute Gasteiger partial charge is 0.411 e. The molecule has 1 atom stereocenters. The Kier molecular flexibility index (Phi) is 13.1. The minimum Gasteiger partial charge on any atom is -0.447 e. The Bertz CT molecular complexity index is 1420. The van der Waals surface area contributed by atoms with Crippen molar-refractivity contribution in [2.24, 2.45) is 0 Å². The van der Waals surface area contributed by atoms with E-state index in [4.69, 9.17) is 9.72 Å². The van der Waals surface area contributed by atoms with Gasteiger partial charge >= 0.3 is 6.09 Å². The van der Waals surface area contributed by atoms with Crippen molar-refractivity contribution in [2.45, 2.75) is 77.5 Å². The van der Waals surface area contributed by atoms with Gasteiger partial charge in [-0.15, -0.1) is 11.3 Å². The van der Waals surface area contributed by atoms with Crippen LogP contribution < -0.4 is 15.4 Å². The predicted octanol–water partition coefficient (Wildman–Crippen LogP) is 8.87. The Morgan fingerprint density at radius 3 is 2.33 bits per heavy atom. The molecule has 0 aliphatic heterocycles. The van der Waals surface area contributed by atoms with Crippen LogP contribution in [0.3, 0.4) is 0 Å². The van der Waals surface area contributed by atoms with Crippen molar-refractivity contribution >= 4 is 40.8 Å². The molecule has 0 fully saturated rings. The number of nitrogens with zero attached hydrogens (tertiary/aromatic N) is 1. The van der Waals surface area contributed by atoms with E-state index in [9.17, 15) is 9.90 Å². The fourth-order valence-corrected chi connectivity index (χ4v) is 5.83. The molecular weight excluding hydrogens is 577 g/mol. The Balaban J connectivity index is 0.00000248. The van der Waals surface area contributed by atoms with Crippen LogP contribution in [0.1, 0.15) is 54.0 Å². The number of amides is 1. The van der Waals surface area contributed by atoms with E-state index in [1.165, 1.54) is 0 Å². The summed E-state index contributed by atoms with van der Waals surface area (Å²) in [5, 5.41) is 17.6. The average Bonchev–Trinajstić information content (AvgIpc) is 3.46. The number of aliphatic hydroxyl groups is 1. The molecule has 0 radical (unpaired) electrons. The minimum atomic E-state index is -0.493. The van der Waals surface area contributed by atoms with Gasteiger partial charge in [-0.3, -0.25) is 10.0 Å². The lowest BCUT2D eigenvalue weighted by atomic mass is 10.1. The Hall–Kier alpha value is -3.37. The molecule has 3 aromatic carbocycles. The molecule has 4 aromatic rings. The average molecular weight is 621 g/mol. The molecule has 7 nitrogen and oxygen atoms in total. The van der Waals surface area contributed by atoms with Crippen LogP contribution in [0.25, 0.3) is 21.0 Å². The number of anilines is 2. The molecule has 1 heterocycles. The van der Waals surface area contributed by atoms with E-state index in [2.05, 4.69) is 48.3 Å². The van der Waals surface area contributed by atoms with E-state index in [1.54, 1.807) is 23.3 Å². The number of benzene rings is 3. The number of nitrogens with one attached hydrogen (secondary N) is 3. The summed E-state index contributed by atoms with van der Waals surface area (Å²) in [4.78, 5) is 18.7. The number of aromatic nitrogens is 1. The van der Waals surface area contributed by atoms with Crippen molar-refractivity contribution in [1.29, 1.82) is 0 Å². The maximum absolute atomic E-state index is 11.9. The van der Waals surface area contributed by atoms with Gasteiger partial charge in [0.15, 0.2) is 0 Å². The van der Waals surface area contributed by atoms with E-state index in [0.717, 1.165) is 37.2 Å². The van der Waals surface area contributed by atoms with Gasteiger partial charge in [-0.05, 0) is 88.5 Å². The second-order valence-corrected chi connectivity index (χ2v) is 13.0. The third-order valence-electron chi connectivity index (χ3n) is 5.80. The first-order valence-electron chi connectivity index (χ1n) is 14.6. The van der Waals surface area contributed by atoms with Gasteiger partial charge in [-0.2, -0.15) is 0 Å². The molecule has 1 unspecified atom stereocenters. The quantitative estimate of drug-likeness (QED) is 0.124. The fraction of sp³-hybridized carbons (Fsp3) is 0.353. The monoisotopic (exact) mass is 620 g/mol. The molecule has 0 saturated carbocycles. The van der Waals surface area contributed by atoms with Crippen molar-refractivity contribution in [3.05, 3.63) is 84.6 Å². The second kappa shape index (κ2) is 16.5. The number of hydrogen-bond acceptors (Lipinski definition) is 8. The molecule has 43 heavy (non-hydrogen) atoms. The molecule has 1 aromatic heterocycles. The first kappa shape index (κ1) is 34.1. The summed E-state index contributed by atoms with van der Waals surface area (Å²) in [6.07, 6.45) is 1.36. The zero-order valence-corrected chi connectivity index (χ0v) is 27.7. The number of thiazole rings is 1. The lowest BCUT2D eigenvalue weighted by Crippen LogP contribution is -2.29. The molecule has 0 spiro atoms. The lowest BCUT2D eigenvalue weighted by Gasteiger charge is -2.21. The van der Waals surface area contributed by atoms with Gasteiger partial charge in [0.1, 0.15) is 5.01 Å². The van der Waals surface area contributed by atoms with E-state index in [0.29, 0.717) is 18.7 Å².